The Morgan fingerprint density at radius 1 is 1.56 bits per heavy atom. The van der Waals surface area contributed by atoms with Gasteiger partial charge in [0.1, 0.15) is 10.7 Å². The zero-order valence-corrected chi connectivity index (χ0v) is 9.36. The number of aryl methyl sites for hydroxylation is 1. The van der Waals surface area contributed by atoms with Crippen LogP contribution in [0.25, 0.3) is 0 Å². The molecule has 0 atom stereocenters. The van der Waals surface area contributed by atoms with Crippen LogP contribution in [0.5, 0.6) is 0 Å². The van der Waals surface area contributed by atoms with E-state index in [-0.39, 0.29) is 12.1 Å². The zero-order chi connectivity index (χ0) is 11.5. The van der Waals surface area contributed by atoms with Crippen LogP contribution in [0.2, 0.25) is 0 Å². The van der Waals surface area contributed by atoms with Crippen LogP contribution in [0, 0.1) is 6.92 Å². The molecule has 0 radical (unpaired) electrons. The topological polar surface area (TPSA) is 98.7 Å². The smallest absolute Gasteiger partial charge is 0.267 e. The lowest BCUT2D eigenvalue weighted by atomic mass is 10.4. The van der Waals surface area contributed by atoms with E-state index >= 15 is 0 Å². The fourth-order valence-corrected chi connectivity index (χ4v) is 1.71. The van der Waals surface area contributed by atoms with Gasteiger partial charge in [-0.25, -0.2) is 10.5 Å². The summed E-state index contributed by atoms with van der Waals surface area (Å²) in [5, 5.41) is 8.61. The van der Waals surface area contributed by atoms with Crippen molar-refractivity contribution in [3.05, 3.63) is 33.9 Å². The highest BCUT2D eigenvalue weighted by Gasteiger charge is 2.08. The van der Waals surface area contributed by atoms with Crippen molar-refractivity contribution in [2.24, 2.45) is 5.84 Å². The molecule has 0 spiro atoms. The van der Waals surface area contributed by atoms with Gasteiger partial charge in [0.2, 0.25) is 0 Å². The van der Waals surface area contributed by atoms with Crippen molar-refractivity contribution < 1.29 is 0 Å². The average molecular weight is 238 g/mol. The molecule has 0 aliphatic heterocycles. The first kappa shape index (κ1) is 10.7. The van der Waals surface area contributed by atoms with Crippen molar-refractivity contribution in [2.45, 2.75) is 13.5 Å². The van der Waals surface area contributed by atoms with E-state index in [1.165, 1.54) is 10.7 Å². The van der Waals surface area contributed by atoms with Crippen molar-refractivity contribution in [3.8, 4) is 0 Å². The standard InChI is InChI=1S/C8H10N6OS/c1-5-2-3-7(15)14(12-5)4-6-8(10-9)16-13-11-6/h2-3,10H,4,9H2,1H3. The van der Waals surface area contributed by atoms with Gasteiger partial charge in [0.05, 0.1) is 12.2 Å². The molecular weight excluding hydrogens is 228 g/mol. The first-order chi connectivity index (χ1) is 7.70. The summed E-state index contributed by atoms with van der Waals surface area (Å²) < 4.78 is 5.07. The third-order valence-electron chi connectivity index (χ3n) is 1.99. The van der Waals surface area contributed by atoms with Gasteiger partial charge in [-0.1, -0.05) is 4.49 Å². The molecule has 0 amide bonds. The molecule has 2 aromatic heterocycles. The lowest BCUT2D eigenvalue weighted by molar-refractivity contribution is 0.617. The lowest BCUT2D eigenvalue weighted by Crippen LogP contribution is -2.23. The number of aromatic nitrogens is 4. The molecule has 0 aromatic carbocycles. The van der Waals surface area contributed by atoms with Crippen molar-refractivity contribution in [1.82, 2.24) is 19.4 Å². The molecule has 0 saturated heterocycles. The number of nitrogens with two attached hydrogens (primary N) is 1. The molecule has 2 heterocycles. The third kappa shape index (κ3) is 2.07. The lowest BCUT2D eigenvalue weighted by Gasteiger charge is -2.03. The summed E-state index contributed by atoms with van der Waals surface area (Å²) in [7, 11) is 0. The van der Waals surface area contributed by atoms with Crippen LogP contribution in [0.3, 0.4) is 0 Å². The van der Waals surface area contributed by atoms with Gasteiger partial charge in [0, 0.05) is 17.6 Å². The average Bonchev–Trinajstić information content (AvgIpc) is 2.71. The molecule has 0 bridgehead atoms. The Labute approximate surface area is 95.0 Å². The molecule has 0 unspecified atom stereocenters. The highest BCUT2D eigenvalue weighted by Crippen LogP contribution is 2.15. The Morgan fingerprint density at radius 3 is 3.12 bits per heavy atom. The predicted molar refractivity (Wildman–Crippen MR) is 60.1 cm³/mol. The fourth-order valence-electron chi connectivity index (χ4n) is 1.23. The van der Waals surface area contributed by atoms with E-state index in [0.717, 1.165) is 17.2 Å². The Kier molecular flexibility index (Phi) is 2.93. The summed E-state index contributed by atoms with van der Waals surface area (Å²) in [6, 6.07) is 3.14. The second-order valence-electron chi connectivity index (χ2n) is 3.16. The molecule has 7 nitrogen and oxygen atoms in total. The maximum Gasteiger partial charge on any atom is 0.267 e. The second kappa shape index (κ2) is 4.37. The van der Waals surface area contributed by atoms with Gasteiger partial charge >= 0.3 is 0 Å². The Bertz CT molecular complexity index is 547. The number of nitrogens with zero attached hydrogens (tertiary/aromatic N) is 4. The Balaban J connectivity index is 2.33. The van der Waals surface area contributed by atoms with Gasteiger partial charge in [-0.2, -0.15) is 5.10 Å². The van der Waals surface area contributed by atoms with Gasteiger partial charge in [0.25, 0.3) is 5.56 Å². The summed E-state index contributed by atoms with van der Waals surface area (Å²) >= 11 is 1.14. The van der Waals surface area contributed by atoms with Crippen LogP contribution in [-0.2, 0) is 6.54 Å². The van der Waals surface area contributed by atoms with Gasteiger partial charge in [-0.3, -0.25) is 4.79 Å². The Morgan fingerprint density at radius 2 is 2.38 bits per heavy atom. The van der Waals surface area contributed by atoms with Crippen molar-refractivity contribution in [3.63, 3.8) is 0 Å². The maximum absolute atomic E-state index is 11.5. The van der Waals surface area contributed by atoms with Crippen molar-refractivity contribution >= 4 is 16.5 Å². The molecule has 2 aromatic rings. The molecule has 0 fully saturated rings. The van der Waals surface area contributed by atoms with Crippen molar-refractivity contribution in [1.29, 1.82) is 0 Å². The SMILES string of the molecule is Cc1ccc(=O)n(Cc2nnsc2NN)n1. The minimum absolute atomic E-state index is 0.179. The first-order valence-electron chi connectivity index (χ1n) is 4.53. The van der Waals surface area contributed by atoms with E-state index in [1.807, 2.05) is 6.92 Å². The normalized spacial score (nSPS) is 10.4. The van der Waals surface area contributed by atoms with Crippen LogP contribution in [0.4, 0.5) is 5.00 Å². The molecule has 3 N–H and O–H groups in total. The molecule has 16 heavy (non-hydrogen) atoms. The fraction of sp³-hybridized carbons (Fsp3) is 0.250. The maximum atomic E-state index is 11.5. The zero-order valence-electron chi connectivity index (χ0n) is 8.54. The summed E-state index contributed by atoms with van der Waals surface area (Å²) in [5.41, 5.74) is 3.67. The summed E-state index contributed by atoms with van der Waals surface area (Å²) in [4.78, 5) is 11.5. The molecule has 8 heteroatoms. The molecule has 0 aliphatic carbocycles. The van der Waals surface area contributed by atoms with E-state index < -0.39 is 0 Å². The van der Waals surface area contributed by atoms with E-state index in [0.29, 0.717) is 10.7 Å². The van der Waals surface area contributed by atoms with Gasteiger partial charge < -0.3 is 5.43 Å². The minimum Gasteiger partial charge on any atom is -0.313 e. The quantitative estimate of drug-likeness (QED) is 0.564. The number of nitrogens with one attached hydrogen (secondary N) is 1. The monoisotopic (exact) mass is 238 g/mol. The van der Waals surface area contributed by atoms with E-state index in [1.54, 1.807) is 6.07 Å². The third-order valence-corrected chi connectivity index (χ3v) is 2.69. The van der Waals surface area contributed by atoms with Crippen LogP contribution >= 0.6 is 11.5 Å². The van der Waals surface area contributed by atoms with E-state index in [2.05, 4.69) is 20.1 Å². The van der Waals surface area contributed by atoms with Gasteiger partial charge in [0.15, 0.2) is 0 Å². The predicted octanol–water partition coefficient (Wildman–Crippen LogP) is -0.263. The van der Waals surface area contributed by atoms with Crippen LogP contribution < -0.4 is 16.8 Å². The van der Waals surface area contributed by atoms with E-state index in [9.17, 15) is 4.79 Å². The highest BCUT2D eigenvalue weighted by atomic mass is 32.1. The molecule has 0 aliphatic rings. The molecule has 0 saturated carbocycles. The minimum atomic E-state index is -0.179. The van der Waals surface area contributed by atoms with E-state index in [4.69, 9.17) is 5.84 Å². The first-order valence-corrected chi connectivity index (χ1v) is 5.30. The van der Waals surface area contributed by atoms with Crippen LogP contribution in [0.15, 0.2) is 16.9 Å². The second-order valence-corrected chi connectivity index (χ2v) is 3.92. The molecule has 2 rings (SSSR count). The summed E-state index contributed by atoms with van der Waals surface area (Å²) in [6.45, 7) is 2.08. The summed E-state index contributed by atoms with van der Waals surface area (Å²) in [6.07, 6.45) is 0. The van der Waals surface area contributed by atoms with Gasteiger partial charge in [-0.05, 0) is 13.0 Å². The van der Waals surface area contributed by atoms with Gasteiger partial charge in [-0.15, -0.1) is 5.10 Å². The Hall–Kier alpha value is -1.80. The number of nitrogen functional groups attached to an aromatic ring is 1. The molecule has 84 valence electrons. The van der Waals surface area contributed by atoms with Crippen LogP contribution in [-0.4, -0.2) is 19.4 Å². The number of hydrazine groups is 1. The number of hydrogen-bond donors (Lipinski definition) is 2. The highest BCUT2D eigenvalue weighted by molar-refractivity contribution is 7.10. The summed E-state index contributed by atoms with van der Waals surface area (Å²) in [5.74, 6) is 5.29. The number of rotatable bonds is 3. The number of hydrogen-bond acceptors (Lipinski definition) is 7. The largest absolute Gasteiger partial charge is 0.313 e. The molecular formula is C8H10N6OS. The van der Waals surface area contributed by atoms with Crippen molar-refractivity contribution in [2.75, 3.05) is 5.43 Å². The van der Waals surface area contributed by atoms with Crippen LogP contribution in [0.1, 0.15) is 11.4 Å². The number of anilines is 1.